The Morgan fingerprint density at radius 1 is 1.35 bits per heavy atom. The highest BCUT2D eigenvalue weighted by Gasteiger charge is 2.08. The molecule has 1 heterocycles. The van der Waals surface area contributed by atoms with Crippen molar-refractivity contribution in [2.75, 3.05) is 5.32 Å². The van der Waals surface area contributed by atoms with Crippen LogP contribution in [0.5, 0.6) is 0 Å². The van der Waals surface area contributed by atoms with Gasteiger partial charge in [-0.25, -0.2) is 9.59 Å². The van der Waals surface area contributed by atoms with Crippen molar-refractivity contribution in [3.63, 3.8) is 0 Å². The number of carboxylic acids is 1. The molecule has 0 aliphatic rings. The van der Waals surface area contributed by atoms with Crippen LogP contribution in [0.2, 0.25) is 0 Å². The maximum Gasteiger partial charge on any atom is 0.335 e. The number of hydrogen-bond acceptors (Lipinski definition) is 3. The van der Waals surface area contributed by atoms with Gasteiger partial charge in [0, 0.05) is 28.5 Å². The topological polar surface area (TPSA) is 107 Å². The van der Waals surface area contributed by atoms with E-state index in [0.29, 0.717) is 16.7 Å². The highest BCUT2D eigenvalue weighted by molar-refractivity contribution is 9.10. The lowest BCUT2D eigenvalue weighted by molar-refractivity contribution is 0.0697. The van der Waals surface area contributed by atoms with Gasteiger partial charge in [-0.3, -0.25) is 5.10 Å². The Bertz CT molecular complexity index is 628. The number of nitrogens with one attached hydrogen (secondary N) is 3. The fourth-order valence-electron chi connectivity index (χ4n) is 1.52. The van der Waals surface area contributed by atoms with E-state index in [0.717, 1.165) is 5.56 Å². The predicted octanol–water partition coefficient (Wildman–Crippen LogP) is 2.19. The summed E-state index contributed by atoms with van der Waals surface area (Å²) in [5.41, 5.74) is 1.31. The van der Waals surface area contributed by atoms with E-state index in [-0.39, 0.29) is 5.56 Å². The Hall–Kier alpha value is -2.35. The molecular formula is C12H11BrN4O3. The number of carbonyl (C=O) groups is 2. The number of nitrogens with zero attached hydrogens (tertiary/aromatic N) is 1. The van der Waals surface area contributed by atoms with E-state index in [1.807, 2.05) is 0 Å². The summed E-state index contributed by atoms with van der Waals surface area (Å²) in [6, 6.07) is 4.02. The van der Waals surface area contributed by atoms with E-state index in [4.69, 9.17) is 5.11 Å². The normalized spacial score (nSPS) is 10.1. The lowest BCUT2D eigenvalue weighted by Gasteiger charge is -2.08. The number of aromatic amines is 1. The van der Waals surface area contributed by atoms with Crippen LogP contribution in [0, 0.1) is 0 Å². The van der Waals surface area contributed by atoms with Crippen LogP contribution in [0.3, 0.4) is 0 Å². The molecule has 8 heteroatoms. The van der Waals surface area contributed by atoms with Gasteiger partial charge in [0.05, 0.1) is 11.8 Å². The second-order valence-electron chi connectivity index (χ2n) is 3.95. The van der Waals surface area contributed by atoms with Crippen molar-refractivity contribution in [2.24, 2.45) is 0 Å². The molecule has 0 aliphatic carbocycles. The molecule has 1 aromatic heterocycles. The van der Waals surface area contributed by atoms with Gasteiger partial charge < -0.3 is 15.7 Å². The van der Waals surface area contributed by atoms with Crippen LogP contribution in [-0.2, 0) is 6.54 Å². The number of urea groups is 1. The molecule has 7 nitrogen and oxygen atoms in total. The van der Waals surface area contributed by atoms with E-state index < -0.39 is 12.0 Å². The number of aromatic nitrogens is 2. The van der Waals surface area contributed by atoms with Crippen LogP contribution < -0.4 is 10.6 Å². The van der Waals surface area contributed by atoms with Crippen molar-refractivity contribution < 1.29 is 14.7 Å². The fraction of sp³-hybridized carbons (Fsp3) is 0.0833. The van der Waals surface area contributed by atoms with E-state index in [1.165, 1.54) is 12.1 Å². The van der Waals surface area contributed by atoms with Crippen LogP contribution in [0.15, 0.2) is 35.1 Å². The summed E-state index contributed by atoms with van der Waals surface area (Å²) in [6.45, 7) is 0.322. The summed E-state index contributed by atoms with van der Waals surface area (Å²) in [5.74, 6) is -1.06. The molecule has 0 bridgehead atoms. The molecule has 1 aromatic carbocycles. The molecule has 104 valence electrons. The minimum atomic E-state index is -1.06. The number of hydrogen-bond donors (Lipinski definition) is 4. The van der Waals surface area contributed by atoms with Gasteiger partial charge in [0.1, 0.15) is 0 Å². The minimum Gasteiger partial charge on any atom is -0.478 e. The molecule has 0 atom stereocenters. The van der Waals surface area contributed by atoms with E-state index in [2.05, 4.69) is 36.8 Å². The third kappa shape index (κ3) is 3.82. The first kappa shape index (κ1) is 14.1. The zero-order valence-electron chi connectivity index (χ0n) is 10.2. The molecular weight excluding hydrogens is 328 g/mol. The molecule has 2 amide bonds. The first-order chi connectivity index (χ1) is 9.54. The van der Waals surface area contributed by atoms with Crippen molar-refractivity contribution in [1.82, 2.24) is 15.5 Å². The monoisotopic (exact) mass is 338 g/mol. The standard InChI is InChI=1S/C12H11BrN4O3/c13-9-1-8(11(18)19)2-10(3-9)17-12(20)14-4-7-5-15-16-6-7/h1-3,5-6H,4H2,(H,15,16)(H,18,19)(H2,14,17,20). The Labute approximate surface area is 122 Å². The zero-order valence-corrected chi connectivity index (χ0v) is 11.8. The third-order valence-corrected chi connectivity index (χ3v) is 2.87. The first-order valence-corrected chi connectivity index (χ1v) is 6.40. The molecule has 20 heavy (non-hydrogen) atoms. The molecule has 0 fully saturated rings. The molecule has 0 saturated heterocycles. The molecule has 0 radical (unpaired) electrons. The number of carbonyl (C=O) groups excluding carboxylic acids is 1. The van der Waals surface area contributed by atoms with Crippen molar-refractivity contribution >= 4 is 33.6 Å². The Kier molecular flexibility index (Phi) is 4.36. The number of H-pyrrole nitrogens is 1. The summed E-state index contributed by atoms with van der Waals surface area (Å²) in [4.78, 5) is 22.6. The van der Waals surface area contributed by atoms with Crippen LogP contribution in [0.25, 0.3) is 0 Å². The largest absolute Gasteiger partial charge is 0.478 e. The molecule has 4 N–H and O–H groups in total. The van der Waals surface area contributed by atoms with Gasteiger partial charge in [0.25, 0.3) is 0 Å². The number of amides is 2. The summed E-state index contributed by atoms with van der Waals surface area (Å²) in [7, 11) is 0. The van der Waals surface area contributed by atoms with Crippen LogP contribution in [-0.4, -0.2) is 27.3 Å². The fourth-order valence-corrected chi connectivity index (χ4v) is 2.01. The van der Waals surface area contributed by atoms with Crippen LogP contribution >= 0.6 is 15.9 Å². The van der Waals surface area contributed by atoms with Gasteiger partial charge in [-0.1, -0.05) is 15.9 Å². The maximum absolute atomic E-state index is 11.7. The second-order valence-corrected chi connectivity index (χ2v) is 4.86. The van der Waals surface area contributed by atoms with E-state index >= 15 is 0 Å². The molecule has 0 saturated carbocycles. The predicted molar refractivity (Wildman–Crippen MR) is 75.5 cm³/mol. The van der Waals surface area contributed by atoms with Crippen LogP contribution in [0.4, 0.5) is 10.5 Å². The van der Waals surface area contributed by atoms with Crippen molar-refractivity contribution in [1.29, 1.82) is 0 Å². The highest BCUT2D eigenvalue weighted by atomic mass is 79.9. The summed E-state index contributed by atoms with van der Waals surface area (Å²) in [6.07, 6.45) is 3.27. The van der Waals surface area contributed by atoms with Gasteiger partial charge in [0.15, 0.2) is 0 Å². The quantitative estimate of drug-likeness (QED) is 0.685. The highest BCUT2D eigenvalue weighted by Crippen LogP contribution is 2.19. The molecule has 2 aromatic rings. The summed E-state index contributed by atoms with van der Waals surface area (Å²) < 4.78 is 0.572. The number of carboxylic acid groups (broad SMARTS) is 1. The minimum absolute atomic E-state index is 0.0875. The Morgan fingerprint density at radius 2 is 2.15 bits per heavy atom. The second kappa shape index (κ2) is 6.20. The summed E-state index contributed by atoms with van der Waals surface area (Å²) in [5, 5.41) is 20.5. The van der Waals surface area contributed by atoms with Crippen molar-refractivity contribution in [3.05, 3.63) is 46.2 Å². The third-order valence-electron chi connectivity index (χ3n) is 2.41. The van der Waals surface area contributed by atoms with Gasteiger partial charge in [0.2, 0.25) is 0 Å². The Balaban J connectivity index is 1.98. The van der Waals surface area contributed by atoms with Crippen LogP contribution in [0.1, 0.15) is 15.9 Å². The van der Waals surface area contributed by atoms with Gasteiger partial charge in [-0.05, 0) is 18.2 Å². The lowest BCUT2D eigenvalue weighted by atomic mass is 10.2. The SMILES string of the molecule is O=C(NCc1cn[nH]c1)Nc1cc(Br)cc(C(=O)O)c1. The molecule has 0 spiro atoms. The van der Waals surface area contributed by atoms with Crippen molar-refractivity contribution in [2.45, 2.75) is 6.54 Å². The number of aromatic carboxylic acids is 1. The first-order valence-electron chi connectivity index (χ1n) is 5.61. The molecule has 2 rings (SSSR count). The number of rotatable bonds is 4. The molecule has 0 aliphatic heterocycles. The number of halogens is 1. The van der Waals surface area contributed by atoms with Gasteiger partial charge in [-0.2, -0.15) is 5.10 Å². The van der Waals surface area contributed by atoms with E-state index in [9.17, 15) is 9.59 Å². The number of benzene rings is 1. The van der Waals surface area contributed by atoms with Gasteiger partial charge >= 0.3 is 12.0 Å². The maximum atomic E-state index is 11.7. The van der Waals surface area contributed by atoms with Crippen molar-refractivity contribution in [3.8, 4) is 0 Å². The number of anilines is 1. The van der Waals surface area contributed by atoms with Gasteiger partial charge in [-0.15, -0.1) is 0 Å². The smallest absolute Gasteiger partial charge is 0.335 e. The average molecular weight is 339 g/mol. The lowest BCUT2D eigenvalue weighted by Crippen LogP contribution is -2.28. The zero-order chi connectivity index (χ0) is 14.5. The Morgan fingerprint density at radius 3 is 2.80 bits per heavy atom. The summed E-state index contributed by atoms with van der Waals surface area (Å²) >= 11 is 3.19. The molecule has 0 unspecified atom stereocenters. The average Bonchev–Trinajstić information content (AvgIpc) is 2.88. The van der Waals surface area contributed by atoms with E-state index in [1.54, 1.807) is 18.5 Å².